The standard InChI is InChI=1S/C13H11F3N2O2S/c1-6-3-4-8(13(14,15)16)5-9(6)17-12-18-10(11(19)20)7(2)21-12/h3-5H,1-2H3,(H,17,18)(H,19,20). The van der Waals surface area contributed by atoms with Crippen LogP contribution in [0.2, 0.25) is 0 Å². The fourth-order valence-electron chi connectivity index (χ4n) is 1.70. The van der Waals surface area contributed by atoms with Gasteiger partial charge in [-0.1, -0.05) is 6.07 Å². The van der Waals surface area contributed by atoms with E-state index in [4.69, 9.17) is 5.11 Å². The first kappa shape index (κ1) is 15.3. The molecule has 0 aliphatic heterocycles. The van der Waals surface area contributed by atoms with Crippen molar-refractivity contribution in [3.63, 3.8) is 0 Å². The third-order valence-electron chi connectivity index (χ3n) is 2.81. The van der Waals surface area contributed by atoms with E-state index in [2.05, 4.69) is 10.3 Å². The quantitative estimate of drug-likeness (QED) is 0.890. The lowest BCUT2D eigenvalue weighted by Crippen LogP contribution is -2.06. The van der Waals surface area contributed by atoms with Crippen LogP contribution in [-0.2, 0) is 6.18 Å². The number of benzene rings is 1. The smallest absolute Gasteiger partial charge is 0.416 e. The van der Waals surface area contributed by atoms with Gasteiger partial charge in [0.25, 0.3) is 0 Å². The van der Waals surface area contributed by atoms with E-state index in [1.165, 1.54) is 6.07 Å². The molecule has 0 amide bonds. The zero-order chi connectivity index (χ0) is 15.8. The lowest BCUT2D eigenvalue weighted by atomic mass is 10.1. The van der Waals surface area contributed by atoms with E-state index in [1.54, 1.807) is 13.8 Å². The average molecular weight is 316 g/mol. The first-order valence-electron chi connectivity index (χ1n) is 5.84. The lowest BCUT2D eigenvalue weighted by Gasteiger charge is -2.11. The number of aromatic carboxylic acids is 1. The van der Waals surface area contributed by atoms with E-state index in [9.17, 15) is 18.0 Å². The summed E-state index contributed by atoms with van der Waals surface area (Å²) in [6.45, 7) is 3.24. The van der Waals surface area contributed by atoms with Crippen LogP contribution in [0.5, 0.6) is 0 Å². The third-order valence-corrected chi connectivity index (χ3v) is 3.69. The second kappa shape index (κ2) is 5.36. The highest BCUT2D eigenvalue weighted by Gasteiger charge is 2.30. The summed E-state index contributed by atoms with van der Waals surface area (Å²) in [5.41, 5.74) is -0.0299. The fraction of sp³-hybridized carbons (Fsp3) is 0.231. The van der Waals surface area contributed by atoms with E-state index in [0.29, 0.717) is 10.4 Å². The van der Waals surface area contributed by atoms with Gasteiger partial charge in [-0.15, -0.1) is 11.3 Å². The van der Waals surface area contributed by atoms with Crippen molar-refractivity contribution in [2.24, 2.45) is 0 Å². The number of thiazole rings is 1. The molecule has 1 aromatic heterocycles. The van der Waals surface area contributed by atoms with Gasteiger partial charge in [-0.3, -0.25) is 0 Å². The molecule has 2 N–H and O–H groups in total. The molecule has 0 bridgehead atoms. The SMILES string of the molecule is Cc1ccc(C(F)(F)F)cc1Nc1nc(C(=O)O)c(C)s1. The Morgan fingerprint density at radius 3 is 2.52 bits per heavy atom. The number of carboxylic acids is 1. The molecule has 21 heavy (non-hydrogen) atoms. The number of alkyl halides is 3. The van der Waals surface area contributed by atoms with Crippen molar-refractivity contribution >= 4 is 28.1 Å². The number of aryl methyl sites for hydroxylation is 2. The van der Waals surface area contributed by atoms with E-state index in [1.807, 2.05) is 0 Å². The van der Waals surface area contributed by atoms with Gasteiger partial charge in [0.1, 0.15) is 0 Å². The maximum atomic E-state index is 12.7. The summed E-state index contributed by atoms with van der Waals surface area (Å²) < 4.78 is 38.1. The van der Waals surface area contributed by atoms with Crippen LogP contribution in [0.3, 0.4) is 0 Å². The summed E-state index contributed by atoms with van der Waals surface area (Å²) in [6, 6.07) is 3.33. The normalized spacial score (nSPS) is 11.5. The zero-order valence-electron chi connectivity index (χ0n) is 11.1. The molecule has 0 radical (unpaired) electrons. The molecule has 1 aromatic carbocycles. The predicted molar refractivity (Wildman–Crippen MR) is 73.3 cm³/mol. The van der Waals surface area contributed by atoms with Gasteiger partial charge in [-0.25, -0.2) is 9.78 Å². The number of hydrogen-bond acceptors (Lipinski definition) is 4. The molecular weight excluding hydrogens is 305 g/mol. The number of carbonyl (C=O) groups is 1. The van der Waals surface area contributed by atoms with Crippen LogP contribution in [0, 0.1) is 13.8 Å². The van der Waals surface area contributed by atoms with Crippen LogP contribution in [0.4, 0.5) is 24.0 Å². The Bertz CT molecular complexity index is 695. The number of anilines is 2. The Labute approximate surface area is 122 Å². The molecular formula is C13H11F3N2O2S. The van der Waals surface area contributed by atoms with Crippen LogP contribution in [0.15, 0.2) is 18.2 Å². The van der Waals surface area contributed by atoms with Crippen LogP contribution >= 0.6 is 11.3 Å². The van der Waals surface area contributed by atoms with Crippen LogP contribution in [0.1, 0.15) is 26.5 Å². The molecule has 0 atom stereocenters. The number of aromatic nitrogens is 1. The molecule has 0 spiro atoms. The van der Waals surface area contributed by atoms with E-state index in [0.717, 1.165) is 23.5 Å². The highest BCUT2D eigenvalue weighted by Crippen LogP contribution is 2.34. The summed E-state index contributed by atoms with van der Waals surface area (Å²) in [7, 11) is 0. The Kier molecular flexibility index (Phi) is 3.91. The van der Waals surface area contributed by atoms with Gasteiger partial charge in [0.15, 0.2) is 10.8 Å². The molecule has 112 valence electrons. The molecule has 8 heteroatoms. The van der Waals surface area contributed by atoms with E-state index in [-0.39, 0.29) is 16.5 Å². The van der Waals surface area contributed by atoms with Gasteiger partial charge in [-0.05, 0) is 31.5 Å². The van der Waals surface area contributed by atoms with Gasteiger partial charge in [0.05, 0.1) is 5.56 Å². The average Bonchev–Trinajstić information content (AvgIpc) is 2.72. The first-order valence-corrected chi connectivity index (χ1v) is 6.65. The topological polar surface area (TPSA) is 62.2 Å². The van der Waals surface area contributed by atoms with Gasteiger partial charge >= 0.3 is 12.1 Å². The van der Waals surface area contributed by atoms with Gasteiger partial charge in [-0.2, -0.15) is 13.2 Å². The molecule has 1 heterocycles. The van der Waals surface area contributed by atoms with Crippen molar-refractivity contribution in [1.29, 1.82) is 0 Å². The molecule has 2 aromatic rings. The number of rotatable bonds is 3. The van der Waals surface area contributed by atoms with Gasteiger partial charge in [0.2, 0.25) is 0 Å². The van der Waals surface area contributed by atoms with Crippen LogP contribution in [0.25, 0.3) is 0 Å². The summed E-state index contributed by atoms with van der Waals surface area (Å²) in [4.78, 5) is 15.3. The minimum atomic E-state index is -4.44. The number of nitrogens with zero attached hydrogens (tertiary/aromatic N) is 1. The Balaban J connectivity index is 2.35. The largest absolute Gasteiger partial charge is 0.476 e. The summed E-state index contributed by atoms with van der Waals surface area (Å²) in [5.74, 6) is -1.17. The minimum Gasteiger partial charge on any atom is -0.476 e. The molecule has 0 aliphatic rings. The highest BCUT2D eigenvalue weighted by molar-refractivity contribution is 7.15. The van der Waals surface area contributed by atoms with Crippen molar-refractivity contribution in [2.75, 3.05) is 5.32 Å². The van der Waals surface area contributed by atoms with Crippen LogP contribution < -0.4 is 5.32 Å². The number of hydrogen-bond donors (Lipinski definition) is 2. The van der Waals surface area contributed by atoms with Crippen molar-refractivity contribution in [2.45, 2.75) is 20.0 Å². The second-order valence-corrected chi connectivity index (χ2v) is 5.58. The Morgan fingerprint density at radius 1 is 1.33 bits per heavy atom. The zero-order valence-corrected chi connectivity index (χ0v) is 11.9. The molecule has 0 aliphatic carbocycles. The number of carboxylic acid groups (broad SMARTS) is 1. The number of nitrogens with one attached hydrogen (secondary N) is 1. The van der Waals surface area contributed by atoms with Crippen molar-refractivity contribution in [1.82, 2.24) is 4.98 Å². The number of halogens is 3. The summed E-state index contributed by atoms with van der Waals surface area (Å²) in [5, 5.41) is 11.9. The van der Waals surface area contributed by atoms with Gasteiger partial charge in [0, 0.05) is 10.6 Å². The van der Waals surface area contributed by atoms with E-state index >= 15 is 0 Å². The second-order valence-electron chi connectivity index (χ2n) is 4.38. The Hall–Kier alpha value is -2.09. The van der Waals surface area contributed by atoms with Crippen molar-refractivity contribution in [3.8, 4) is 0 Å². The maximum Gasteiger partial charge on any atom is 0.416 e. The minimum absolute atomic E-state index is 0.105. The monoisotopic (exact) mass is 316 g/mol. The van der Waals surface area contributed by atoms with Crippen molar-refractivity contribution in [3.05, 3.63) is 39.9 Å². The van der Waals surface area contributed by atoms with Crippen LogP contribution in [-0.4, -0.2) is 16.1 Å². The lowest BCUT2D eigenvalue weighted by molar-refractivity contribution is -0.137. The summed E-state index contributed by atoms with van der Waals surface area (Å²) in [6.07, 6.45) is -4.44. The molecule has 0 fully saturated rings. The van der Waals surface area contributed by atoms with Gasteiger partial charge < -0.3 is 10.4 Å². The molecule has 0 saturated heterocycles. The molecule has 2 rings (SSSR count). The molecule has 0 saturated carbocycles. The van der Waals surface area contributed by atoms with Crippen molar-refractivity contribution < 1.29 is 23.1 Å². The Morgan fingerprint density at radius 2 is 2.00 bits per heavy atom. The predicted octanol–water partition coefficient (Wildman–Crippen LogP) is 4.22. The molecule has 0 unspecified atom stereocenters. The maximum absolute atomic E-state index is 12.7. The molecule has 4 nitrogen and oxygen atoms in total. The third kappa shape index (κ3) is 3.33. The highest BCUT2D eigenvalue weighted by atomic mass is 32.1. The van der Waals surface area contributed by atoms with E-state index < -0.39 is 17.7 Å². The summed E-state index contributed by atoms with van der Waals surface area (Å²) >= 11 is 1.08. The first-order chi connectivity index (χ1) is 9.68. The fourth-order valence-corrected chi connectivity index (χ4v) is 2.51.